The number of anilines is 2. The molecule has 1 unspecified atom stereocenters. The number of benzene rings is 1. The van der Waals surface area contributed by atoms with Crippen LogP contribution < -0.4 is 15.4 Å². The topological polar surface area (TPSA) is 68.1 Å². The van der Waals surface area contributed by atoms with Gasteiger partial charge in [0.25, 0.3) is 5.91 Å². The smallest absolute Gasteiger partial charge is 0.271 e. The number of nitrogen functional groups attached to an aromatic ring is 1. The normalized spacial score (nSPS) is 26.1. The Kier molecular flexibility index (Phi) is 1.97. The van der Waals surface area contributed by atoms with E-state index in [9.17, 15) is 9.18 Å². The van der Waals surface area contributed by atoms with Crippen LogP contribution in [-0.4, -0.2) is 30.8 Å². The third kappa shape index (κ3) is 1.59. The standard InChI is InChI=1S/C13H13FN2O3/c14-8-3-11-10(4-9(8)15)16(5-7-6-18-7)12(17)13(19-11)1-2-13/h3-4,7H,1-2,5-6,15H2. The average molecular weight is 264 g/mol. The Labute approximate surface area is 109 Å². The van der Waals surface area contributed by atoms with Crippen molar-refractivity contribution < 1.29 is 18.7 Å². The third-order valence-corrected chi connectivity index (χ3v) is 3.80. The summed E-state index contributed by atoms with van der Waals surface area (Å²) in [5.41, 5.74) is 5.36. The number of hydrogen-bond acceptors (Lipinski definition) is 4. The van der Waals surface area contributed by atoms with E-state index in [0.717, 1.165) is 0 Å². The van der Waals surface area contributed by atoms with E-state index >= 15 is 0 Å². The second-order valence-corrected chi connectivity index (χ2v) is 5.31. The van der Waals surface area contributed by atoms with E-state index < -0.39 is 11.4 Å². The number of carbonyl (C=O) groups excluding carboxylic acids is 1. The summed E-state index contributed by atoms with van der Waals surface area (Å²) in [6.45, 7) is 1.13. The molecule has 6 heteroatoms. The number of ether oxygens (including phenoxy) is 2. The molecule has 5 nitrogen and oxygen atoms in total. The number of nitrogens with zero attached hydrogens (tertiary/aromatic N) is 1. The molecule has 1 aliphatic carbocycles. The minimum Gasteiger partial charge on any atom is -0.475 e. The van der Waals surface area contributed by atoms with Crippen molar-refractivity contribution in [2.24, 2.45) is 0 Å². The van der Waals surface area contributed by atoms with Gasteiger partial charge in [0, 0.05) is 18.9 Å². The fourth-order valence-electron chi connectivity index (χ4n) is 2.45. The van der Waals surface area contributed by atoms with Gasteiger partial charge in [-0.05, 0) is 6.07 Å². The molecule has 1 aromatic carbocycles. The van der Waals surface area contributed by atoms with E-state index in [0.29, 0.717) is 37.4 Å². The molecule has 2 N–H and O–H groups in total. The molecule has 1 spiro atoms. The number of epoxide rings is 1. The minimum absolute atomic E-state index is 0.0172. The van der Waals surface area contributed by atoms with Crippen LogP contribution in [0, 0.1) is 5.82 Å². The van der Waals surface area contributed by atoms with Gasteiger partial charge in [-0.1, -0.05) is 0 Å². The molecule has 1 aromatic rings. The van der Waals surface area contributed by atoms with Crippen LogP contribution in [0.2, 0.25) is 0 Å². The van der Waals surface area contributed by atoms with E-state index in [2.05, 4.69) is 0 Å². The molecule has 2 aliphatic heterocycles. The highest BCUT2D eigenvalue weighted by Gasteiger charge is 2.58. The van der Waals surface area contributed by atoms with Gasteiger partial charge >= 0.3 is 0 Å². The summed E-state index contributed by atoms with van der Waals surface area (Å²) >= 11 is 0. The molecule has 1 saturated carbocycles. The summed E-state index contributed by atoms with van der Waals surface area (Å²) in [6.07, 6.45) is 1.43. The average Bonchev–Trinajstić information content (AvgIpc) is 3.25. The monoisotopic (exact) mass is 264 g/mol. The van der Waals surface area contributed by atoms with Crippen molar-refractivity contribution in [3.8, 4) is 5.75 Å². The van der Waals surface area contributed by atoms with Crippen LogP contribution in [0.3, 0.4) is 0 Å². The molecule has 2 fully saturated rings. The number of amides is 1. The summed E-state index contributed by atoms with van der Waals surface area (Å²) in [6, 6.07) is 2.72. The second kappa shape index (κ2) is 3.39. The largest absolute Gasteiger partial charge is 0.475 e. The highest BCUT2D eigenvalue weighted by Crippen LogP contribution is 2.50. The van der Waals surface area contributed by atoms with Crippen molar-refractivity contribution in [2.45, 2.75) is 24.5 Å². The Hall–Kier alpha value is -1.82. The fourth-order valence-corrected chi connectivity index (χ4v) is 2.45. The van der Waals surface area contributed by atoms with E-state index in [1.165, 1.54) is 12.1 Å². The summed E-state index contributed by atoms with van der Waals surface area (Å²) in [4.78, 5) is 14.1. The van der Waals surface area contributed by atoms with Crippen molar-refractivity contribution in [1.29, 1.82) is 0 Å². The van der Waals surface area contributed by atoms with Gasteiger partial charge in [-0.15, -0.1) is 0 Å². The number of carbonyl (C=O) groups is 1. The maximum absolute atomic E-state index is 13.5. The van der Waals surface area contributed by atoms with Gasteiger partial charge < -0.3 is 20.1 Å². The molecule has 0 bridgehead atoms. The zero-order valence-corrected chi connectivity index (χ0v) is 10.2. The van der Waals surface area contributed by atoms with E-state index in [1.807, 2.05) is 0 Å². The summed E-state index contributed by atoms with van der Waals surface area (Å²) < 4.78 is 24.4. The van der Waals surface area contributed by atoms with Gasteiger partial charge in [0.15, 0.2) is 5.60 Å². The molecule has 19 heavy (non-hydrogen) atoms. The first-order valence-corrected chi connectivity index (χ1v) is 6.31. The van der Waals surface area contributed by atoms with Crippen molar-refractivity contribution >= 4 is 17.3 Å². The van der Waals surface area contributed by atoms with Crippen molar-refractivity contribution in [1.82, 2.24) is 0 Å². The first-order chi connectivity index (χ1) is 9.09. The van der Waals surface area contributed by atoms with Crippen LogP contribution in [0.15, 0.2) is 12.1 Å². The first kappa shape index (κ1) is 11.0. The number of fused-ring (bicyclic) bond motifs is 1. The first-order valence-electron chi connectivity index (χ1n) is 6.31. The molecule has 0 radical (unpaired) electrons. The van der Waals surface area contributed by atoms with Crippen molar-refractivity contribution in [3.05, 3.63) is 17.9 Å². The summed E-state index contributed by atoms with van der Waals surface area (Å²) in [5, 5.41) is 0. The molecule has 1 amide bonds. The predicted octanol–water partition coefficient (Wildman–Crippen LogP) is 1.06. The van der Waals surface area contributed by atoms with Crippen LogP contribution in [-0.2, 0) is 9.53 Å². The fraction of sp³-hybridized carbons (Fsp3) is 0.462. The van der Waals surface area contributed by atoms with Gasteiger partial charge in [0.05, 0.1) is 30.6 Å². The Balaban J connectivity index is 1.80. The molecule has 1 atom stereocenters. The molecule has 3 aliphatic rings. The van der Waals surface area contributed by atoms with Crippen LogP contribution in [0.25, 0.3) is 0 Å². The van der Waals surface area contributed by atoms with Crippen LogP contribution >= 0.6 is 0 Å². The van der Waals surface area contributed by atoms with Crippen molar-refractivity contribution in [3.63, 3.8) is 0 Å². The predicted molar refractivity (Wildman–Crippen MR) is 65.5 cm³/mol. The highest BCUT2D eigenvalue weighted by atomic mass is 19.1. The number of hydrogen-bond donors (Lipinski definition) is 1. The van der Waals surface area contributed by atoms with Gasteiger partial charge in [-0.25, -0.2) is 4.39 Å². The lowest BCUT2D eigenvalue weighted by atomic mass is 10.1. The lowest BCUT2D eigenvalue weighted by molar-refractivity contribution is -0.128. The van der Waals surface area contributed by atoms with E-state index in [1.54, 1.807) is 4.90 Å². The van der Waals surface area contributed by atoms with E-state index in [4.69, 9.17) is 15.2 Å². The minimum atomic E-state index is -0.773. The SMILES string of the molecule is Nc1cc2c(cc1F)OC1(CC1)C(=O)N2CC1CO1. The molecule has 4 rings (SSSR count). The van der Waals surface area contributed by atoms with E-state index in [-0.39, 0.29) is 17.7 Å². The summed E-state index contributed by atoms with van der Waals surface area (Å²) in [7, 11) is 0. The molecule has 100 valence electrons. The maximum atomic E-state index is 13.5. The maximum Gasteiger partial charge on any atom is 0.271 e. The van der Waals surface area contributed by atoms with Gasteiger partial charge in [0.2, 0.25) is 0 Å². The molecule has 2 heterocycles. The Morgan fingerprint density at radius 2 is 2.21 bits per heavy atom. The zero-order chi connectivity index (χ0) is 13.2. The van der Waals surface area contributed by atoms with Crippen molar-refractivity contribution in [2.75, 3.05) is 23.8 Å². The Bertz CT molecular complexity index is 581. The Morgan fingerprint density at radius 3 is 2.84 bits per heavy atom. The Morgan fingerprint density at radius 1 is 1.47 bits per heavy atom. The highest BCUT2D eigenvalue weighted by molar-refractivity contribution is 6.05. The van der Waals surface area contributed by atoms with Crippen LogP contribution in [0.1, 0.15) is 12.8 Å². The van der Waals surface area contributed by atoms with Crippen LogP contribution in [0.5, 0.6) is 5.75 Å². The number of halogens is 1. The zero-order valence-electron chi connectivity index (χ0n) is 10.2. The molecule has 1 saturated heterocycles. The number of nitrogens with two attached hydrogens (primary N) is 1. The van der Waals surface area contributed by atoms with Gasteiger partial charge in [-0.3, -0.25) is 4.79 Å². The quantitative estimate of drug-likeness (QED) is 0.640. The van der Waals surface area contributed by atoms with Gasteiger partial charge in [0.1, 0.15) is 11.6 Å². The lowest BCUT2D eigenvalue weighted by Gasteiger charge is -2.34. The molecular formula is C13H13FN2O3. The second-order valence-electron chi connectivity index (χ2n) is 5.31. The number of rotatable bonds is 2. The lowest BCUT2D eigenvalue weighted by Crippen LogP contribution is -2.49. The third-order valence-electron chi connectivity index (χ3n) is 3.80. The molecule has 0 aromatic heterocycles. The molecular weight excluding hydrogens is 251 g/mol. The summed E-state index contributed by atoms with van der Waals surface area (Å²) in [5.74, 6) is -0.197. The van der Waals surface area contributed by atoms with Gasteiger partial charge in [-0.2, -0.15) is 0 Å². The van der Waals surface area contributed by atoms with Crippen LogP contribution in [0.4, 0.5) is 15.8 Å².